The number of sulfonamides is 2. The fourth-order valence-electron chi connectivity index (χ4n) is 4.21. The summed E-state index contributed by atoms with van der Waals surface area (Å²) < 4.78 is 54.5. The zero-order valence-electron chi connectivity index (χ0n) is 19.4. The van der Waals surface area contributed by atoms with Gasteiger partial charge in [0, 0.05) is 12.6 Å². The Labute approximate surface area is 196 Å². The topological polar surface area (TPSA) is 104 Å². The predicted molar refractivity (Wildman–Crippen MR) is 129 cm³/mol. The van der Waals surface area contributed by atoms with E-state index in [0.717, 1.165) is 23.0 Å². The molecule has 1 fully saturated rings. The van der Waals surface area contributed by atoms with E-state index in [0.29, 0.717) is 5.56 Å². The van der Waals surface area contributed by atoms with Crippen molar-refractivity contribution < 1.29 is 21.6 Å². The molecule has 1 saturated heterocycles. The van der Waals surface area contributed by atoms with Gasteiger partial charge in [-0.25, -0.2) is 25.9 Å². The summed E-state index contributed by atoms with van der Waals surface area (Å²) >= 11 is 0. The number of carbonyl (C=O) groups is 1. The third-order valence-corrected chi connectivity index (χ3v) is 9.40. The highest BCUT2D eigenvalue weighted by Crippen LogP contribution is 2.31. The van der Waals surface area contributed by atoms with Crippen molar-refractivity contribution in [3.05, 3.63) is 59.7 Å². The lowest BCUT2D eigenvalue weighted by atomic mass is 10.1. The highest BCUT2D eigenvalue weighted by atomic mass is 32.2. The Hall–Kier alpha value is -2.27. The molecular weight excluding hydrogens is 462 g/mol. The molecule has 0 aromatic heterocycles. The highest BCUT2D eigenvalue weighted by molar-refractivity contribution is 7.94. The van der Waals surface area contributed by atoms with Crippen LogP contribution in [0.25, 0.3) is 0 Å². The lowest BCUT2D eigenvalue weighted by molar-refractivity contribution is -0.119. The first kappa shape index (κ1) is 25.4. The van der Waals surface area contributed by atoms with Crippen LogP contribution in [0.4, 0.5) is 5.69 Å². The van der Waals surface area contributed by atoms with Crippen LogP contribution in [0.2, 0.25) is 0 Å². The smallest absolute Gasteiger partial charge is 0.244 e. The molecule has 0 bridgehead atoms. The van der Waals surface area contributed by atoms with Gasteiger partial charge in [-0.1, -0.05) is 51.1 Å². The summed E-state index contributed by atoms with van der Waals surface area (Å²) in [7, 11) is -7.62. The van der Waals surface area contributed by atoms with Gasteiger partial charge in [0.25, 0.3) is 0 Å². The summed E-state index contributed by atoms with van der Waals surface area (Å²) in [6.07, 6.45) is 0. The maximum Gasteiger partial charge on any atom is 0.244 e. The fourth-order valence-corrected chi connectivity index (χ4v) is 7.29. The second kappa shape index (κ2) is 9.92. The minimum atomic E-state index is -3.87. The summed E-state index contributed by atoms with van der Waals surface area (Å²) in [5.41, 5.74) is 1.54. The molecule has 1 N–H and O–H groups in total. The van der Waals surface area contributed by atoms with Crippen LogP contribution < -0.4 is 9.03 Å². The van der Waals surface area contributed by atoms with Crippen molar-refractivity contribution in [3.8, 4) is 0 Å². The van der Waals surface area contributed by atoms with Gasteiger partial charge < -0.3 is 0 Å². The average molecular weight is 494 g/mol. The Morgan fingerprint density at radius 3 is 2.27 bits per heavy atom. The molecule has 1 heterocycles. The van der Waals surface area contributed by atoms with Crippen molar-refractivity contribution in [3.63, 3.8) is 0 Å². The molecule has 8 nitrogen and oxygen atoms in total. The molecule has 2 aromatic rings. The van der Waals surface area contributed by atoms with Crippen LogP contribution in [0.1, 0.15) is 37.9 Å². The van der Waals surface area contributed by atoms with Crippen molar-refractivity contribution in [1.82, 2.24) is 9.62 Å². The zero-order chi connectivity index (χ0) is 24.4. The number of nitrogens with one attached hydrogen (secondary N) is 1. The number of hydrogen-bond donors (Lipinski definition) is 1. The maximum atomic E-state index is 13.1. The van der Waals surface area contributed by atoms with Gasteiger partial charge in [-0.15, -0.1) is 0 Å². The van der Waals surface area contributed by atoms with Crippen molar-refractivity contribution in [2.24, 2.45) is 5.92 Å². The second-order valence-corrected chi connectivity index (χ2v) is 11.8. The number of carbonyl (C=O) groups excluding carboxylic acids is 1. The van der Waals surface area contributed by atoms with Crippen LogP contribution in [0.3, 0.4) is 0 Å². The molecule has 2 aromatic carbocycles. The Bertz CT molecular complexity index is 1210. The predicted octanol–water partition coefficient (Wildman–Crippen LogP) is 2.67. The van der Waals surface area contributed by atoms with Gasteiger partial charge in [-0.05, 0) is 49.3 Å². The van der Waals surface area contributed by atoms with Crippen molar-refractivity contribution in [1.29, 1.82) is 0 Å². The molecule has 1 aliphatic heterocycles. The number of likely N-dealkylation sites (N-methyl/N-ethyl adjacent to an activating group) is 1. The minimum Gasteiger partial charge on any atom is -0.296 e. The number of aryl methyl sites for hydroxylation is 1. The van der Waals surface area contributed by atoms with E-state index in [1.807, 2.05) is 44.2 Å². The quantitative estimate of drug-likeness (QED) is 0.576. The number of rotatable bonds is 9. The van der Waals surface area contributed by atoms with Gasteiger partial charge in [-0.2, -0.15) is 0 Å². The van der Waals surface area contributed by atoms with E-state index in [1.165, 1.54) is 18.2 Å². The van der Waals surface area contributed by atoms with Crippen molar-refractivity contribution in [2.75, 3.05) is 29.7 Å². The van der Waals surface area contributed by atoms with E-state index >= 15 is 0 Å². The summed E-state index contributed by atoms with van der Waals surface area (Å²) in [6, 6.07) is 13.8. The Morgan fingerprint density at radius 1 is 1.12 bits per heavy atom. The van der Waals surface area contributed by atoms with E-state index in [9.17, 15) is 21.6 Å². The van der Waals surface area contributed by atoms with Crippen LogP contribution >= 0.6 is 0 Å². The molecule has 2 atom stereocenters. The normalized spacial score (nSPS) is 19.2. The van der Waals surface area contributed by atoms with Crippen molar-refractivity contribution >= 4 is 31.6 Å². The van der Waals surface area contributed by atoms with Gasteiger partial charge in [0.1, 0.15) is 0 Å². The molecule has 0 radical (unpaired) electrons. The van der Waals surface area contributed by atoms with E-state index < -0.39 is 31.9 Å². The molecular formula is C23H31N3O5S2. The third kappa shape index (κ3) is 5.29. The molecule has 3 rings (SSSR count). The zero-order valence-corrected chi connectivity index (χ0v) is 21.0. The standard InChI is InChI=1S/C23H31N3O5S2/c1-5-25(6-2)21(19-10-8-7-9-11-19)15-24-33(30,31)22-13-12-20(14-17(22)3)26-23(27)18(4)16-32(26,28)29/h7-14,18,21,24H,5-6,15-16H2,1-4H3. The van der Waals surface area contributed by atoms with Crippen LogP contribution in [0, 0.1) is 12.8 Å². The van der Waals surface area contributed by atoms with E-state index in [1.54, 1.807) is 13.8 Å². The van der Waals surface area contributed by atoms with Crippen LogP contribution in [-0.4, -0.2) is 53.0 Å². The fraction of sp³-hybridized carbons (Fsp3) is 0.435. The maximum absolute atomic E-state index is 13.1. The number of anilines is 1. The van der Waals surface area contributed by atoms with Gasteiger partial charge >= 0.3 is 0 Å². The summed E-state index contributed by atoms with van der Waals surface area (Å²) in [4.78, 5) is 14.6. The van der Waals surface area contributed by atoms with E-state index in [4.69, 9.17) is 0 Å². The first-order valence-corrected chi connectivity index (χ1v) is 14.1. The van der Waals surface area contributed by atoms with E-state index in [-0.39, 0.29) is 28.9 Å². The number of nitrogens with zero attached hydrogens (tertiary/aromatic N) is 2. The highest BCUT2D eigenvalue weighted by Gasteiger charge is 2.42. The van der Waals surface area contributed by atoms with E-state index in [2.05, 4.69) is 9.62 Å². The Balaban J connectivity index is 1.86. The van der Waals surface area contributed by atoms with Gasteiger partial charge in [0.15, 0.2) is 0 Å². The molecule has 180 valence electrons. The molecule has 0 spiro atoms. The second-order valence-electron chi connectivity index (χ2n) is 8.23. The van der Waals surface area contributed by atoms with Gasteiger partial charge in [0.05, 0.1) is 22.3 Å². The third-order valence-electron chi connectivity index (χ3n) is 5.95. The molecule has 0 saturated carbocycles. The molecule has 33 heavy (non-hydrogen) atoms. The number of benzene rings is 2. The van der Waals surface area contributed by atoms with Gasteiger partial charge in [0.2, 0.25) is 26.0 Å². The summed E-state index contributed by atoms with van der Waals surface area (Å²) in [5.74, 6) is -1.39. The Morgan fingerprint density at radius 2 is 1.76 bits per heavy atom. The Kier molecular flexibility index (Phi) is 7.62. The average Bonchev–Trinajstić information content (AvgIpc) is 2.97. The van der Waals surface area contributed by atoms with Crippen LogP contribution in [0.15, 0.2) is 53.4 Å². The first-order chi connectivity index (χ1) is 15.5. The number of hydrogen-bond acceptors (Lipinski definition) is 6. The lowest BCUT2D eigenvalue weighted by Crippen LogP contribution is -2.38. The van der Waals surface area contributed by atoms with Crippen LogP contribution in [-0.2, 0) is 24.8 Å². The monoisotopic (exact) mass is 493 g/mol. The van der Waals surface area contributed by atoms with Crippen molar-refractivity contribution in [2.45, 2.75) is 38.6 Å². The van der Waals surface area contributed by atoms with Gasteiger partial charge in [-0.3, -0.25) is 9.69 Å². The molecule has 1 aliphatic rings. The summed E-state index contributed by atoms with van der Waals surface area (Å²) in [5, 5.41) is 0. The molecule has 2 unspecified atom stereocenters. The van der Waals surface area contributed by atoms with Crippen LogP contribution in [0.5, 0.6) is 0 Å². The minimum absolute atomic E-state index is 0.0506. The first-order valence-electron chi connectivity index (χ1n) is 11.0. The summed E-state index contributed by atoms with van der Waals surface area (Å²) in [6.45, 7) is 8.94. The molecule has 10 heteroatoms. The SMILES string of the molecule is CCN(CC)C(CNS(=O)(=O)c1ccc(N2C(=O)C(C)CS2(=O)=O)cc1C)c1ccccc1. The number of amides is 1. The molecule has 1 amide bonds. The largest absolute Gasteiger partial charge is 0.296 e. The lowest BCUT2D eigenvalue weighted by Gasteiger charge is -2.30. The molecule has 0 aliphatic carbocycles.